The van der Waals surface area contributed by atoms with Gasteiger partial charge in [0.25, 0.3) is 5.91 Å². The molecule has 7 heteroatoms. The number of nitrogens with one attached hydrogen (secondary N) is 1. The standard InChI is InChI=1S/C24H27N3O3S/c1-17(25-23(28)22-6-5-15-31-22)24(29)27(20-11-13-21(30-4)14-12-20)16-18-7-9-19(10-8-18)26(2)3/h5-15,17H,16H2,1-4H3,(H,25,28). The average molecular weight is 438 g/mol. The van der Waals surface area contributed by atoms with Gasteiger partial charge in [-0.2, -0.15) is 0 Å². The van der Waals surface area contributed by atoms with Crippen LogP contribution >= 0.6 is 11.3 Å². The summed E-state index contributed by atoms with van der Waals surface area (Å²) >= 11 is 1.35. The predicted molar refractivity (Wildman–Crippen MR) is 126 cm³/mol. The zero-order chi connectivity index (χ0) is 22.4. The van der Waals surface area contributed by atoms with Crippen molar-refractivity contribution >= 4 is 34.5 Å². The normalized spacial score (nSPS) is 11.5. The van der Waals surface area contributed by atoms with Gasteiger partial charge in [0.05, 0.1) is 18.5 Å². The van der Waals surface area contributed by atoms with E-state index in [1.54, 1.807) is 25.0 Å². The highest BCUT2D eigenvalue weighted by molar-refractivity contribution is 7.12. The van der Waals surface area contributed by atoms with Crippen LogP contribution in [0.25, 0.3) is 0 Å². The number of amides is 2. The lowest BCUT2D eigenvalue weighted by molar-refractivity contribution is -0.120. The molecule has 0 aliphatic heterocycles. The van der Waals surface area contributed by atoms with E-state index in [2.05, 4.69) is 5.32 Å². The molecule has 0 radical (unpaired) electrons. The van der Waals surface area contributed by atoms with Crippen LogP contribution in [-0.4, -0.2) is 39.1 Å². The number of hydrogen-bond donors (Lipinski definition) is 1. The first-order chi connectivity index (χ1) is 14.9. The summed E-state index contributed by atoms with van der Waals surface area (Å²) in [5.41, 5.74) is 2.81. The second kappa shape index (κ2) is 10.1. The van der Waals surface area contributed by atoms with Crippen LogP contribution in [-0.2, 0) is 11.3 Å². The Kier molecular flexibility index (Phi) is 7.31. The van der Waals surface area contributed by atoms with Gasteiger partial charge in [-0.3, -0.25) is 9.59 Å². The molecule has 0 saturated carbocycles. The van der Waals surface area contributed by atoms with Crippen molar-refractivity contribution in [1.82, 2.24) is 5.32 Å². The second-order valence-electron chi connectivity index (χ2n) is 7.36. The van der Waals surface area contributed by atoms with Gasteiger partial charge in [-0.1, -0.05) is 18.2 Å². The van der Waals surface area contributed by atoms with Crippen LogP contribution in [0.1, 0.15) is 22.2 Å². The van der Waals surface area contributed by atoms with Crippen molar-refractivity contribution in [2.24, 2.45) is 0 Å². The fourth-order valence-corrected chi connectivity index (χ4v) is 3.74. The molecule has 0 spiro atoms. The Morgan fingerprint density at radius 1 is 1.00 bits per heavy atom. The first-order valence-corrected chi connectivity index (χ1v) is 10.8. The summed E-state index contributed by atoms with van der Waals surface area (Å²) in [6, 6.07) is 18.3. The Hall–Kier alpha value is -3.32. The second-order valence-corrected chi connectivity index (χ2v) is 8.30. The Labute approximate surface area is 187 Å². The quantitative estimate of drug-likeness (QED) is 0.574. The van der Waals surface area contributed by atoms with Gasteiger partial charge in [-0.15, -0.1) is 11.3 Å². The highest BCUT2D eigenvalue weighted by atomic mass is 32.1. The Morgan fingerprint density at radius 3 is 2.19 bits per heavy atom. The number of ether oxygens (including phenoxy) is 1. The fourth-order valence-electron chi connectivity index (χ4n) is 3.11. The third-order valence-electron chi connectivity index (χ3n) is 4.91. The molecule has 0 bridgehead atoms. The third kappa shape index (κ3) is 5.64. The molecule has 2 amide bonds. The first-order valence-electron chi connectivity index (χ1n) is 9.95. The Morgan fingerprint density at radius 2 is 1.65 bits per heavy atom. The van der Waals surface area contributed by atoms with Gasteiger partial charge in [0.1, 0.15) is 11.8 Å². The van der Waals surface area contributed by atoms with Gasteiger partial charge in [0, 0.05) is 25.5 Å². The molecule has 0 saturated heterocycles. The molecule has 3 aromatic rings. The monoisotopic (exact) mass is 437 g/mol. The Bertz CT molecular complexity index is 1000. The van der Waals surface area contributed by atoms with Crippen molar-refractivity contribution in [2.45, 2.75) is 19.5 Å². The van der Waals surface area contributed by atoms with Crippen molar-refractivity contribution in [2.75, 3.05) is 31.0 Å². The summed E-state index contributed by atoms with van der Waals surface area (Å²) in [4.78, 5) is 30.1. The summed E-state index contributed by atoms with van der Waals surface area (Å²) in [5, 5.41) is 4.65. The molecule has 1 N–H and O–H groups in total. The maximum absolute atomic E-state index is 13.4. The summed E-state index contributed by atoms with van der Waals surface area (Å²) in [7, 11) is 5.58. The lowest BCUT2D eigenvalue weighted by Gasteiger charge is -2.27. The van der Waals surface area contributed by atoms with Crippen molar-refractivity contribution in [1.29, 1.82) is 0 Å². The number of thiophene rings is 1. The van der Waals surface area contributed by atoms with E-state index < -0.39 is 6.04 Å². The van der Waals surface area contributed by atoms with E-state index in [0.717, 1.165) is 16.9 Å². The van der Waals surface area contributed by atoms with Crippen LogP contribution in [0.5, 0.6) is 5.75 Å². The molecule has 0 aliphatic rings. The molecule has 3 rings (SSSR count). The maximum Gasteiger partial charge on any atom is 0.261 e. The van der Waals surface area contributed by atoms with E-state index in [9.17, 15) is 9.59 Å². The van der Waals surface area contributed by atoms with E-state index in [1.165, 1.54) is 11.3 Å². The molecule has 1 aromatic heterocycles. The highest BCUT2D eigenvalue weighted by Gasteiger charge is 2.24. The number of carbonyl (C=O) groups excluding carboxylic acids is 2. The number of nitrogens with zero attached hydrogens (tertiary/aromatic N) is 2. The largest absolute Gasteiger partial charge is 0.497 e. The average Bonchev–Trinajstić information content (AvgIpc) is 3.32. The van der Waals surface area contributed by atoms with Crippen LogP contribution in [0.15, 0.2) is 66.0 Å². The summed E-state index contributed by atoms with van der Waals surface area (Å²) < 4.78 is 5.24. The minimum atomic E-state index is -0.683. The first kappa shape index (κ1) is 22.4. The van der Waals surface area contributed by atoms with E-state index in [1.807, 2.05) is 79.0 Å². The van der Waals surface area contributed by atoms with Gasteiger partial charge in [-0.05, 0) is 60.3 Å². The van der Waals surface area contributed by atoms with Gasteiger partial charge in [0.2, 0.25) is 5.91 Å². The molecule has 1 heterocycles. The lowest BCUT2D eigenvalue weighted by atomic mass is 10.1. The molecule has 1 atom stereocenters. The molecule has 0 aliphatic carbocycles. The zero-order valence-corrected chi connectivity index (χ0v) is 19.0. The molecule has 6 nitrogen and oxygen atoms in total. The van der Waals surface area contributed by atoms with Crippen LogP contribution in [0.4, 0.5) is 11.4 Å². The highest BCUT2D eigenvalue weighted by Crippen LogP contribution is 2.23. The SMILES string of the molecule is COc1ccc(N(Cc2ccc(N(C)C)cc2)C(=O)C(C)NC(=O)c2cccs2)cc1. The molecular formula is C24H27N3O3S. The van der Waals surface area contributed by atoms with Crippen molar-refractivity contribution in [3.8, 4) is 5.75 Å². The lowest BCUT2D eigenvalue weighted by Crippen LogP contribution is -2.46. The van der Waals surface area contributed by atoms with Crippen LogP contribution in [0, 0.1) is 0 Å². The molecule has 0 fully saturated rings. The summed E-state index contributed by atoms with van der Waals surface area (Å²) in [5.74, 6) is 0.276. The number of carbonyl (C=O) groups is 2. The molecule has 31 heavy (non-hydrogen) atoms. The number of benzene rings is 2. The zero-order valence-electron chi connectivity index (χ0n) is 18.2. The molecular weight excluding hydrogens is 410 g/mol. The number of hydrogen-bond acceptors (Lipinski definition) is 5. The molecule has 1 unspecified atom stereocenters. The van der Waals surface area contributed by atoms with E-state index >= 15 is 0 Å². The maximum atomic E-state index is 13.4. The van der Waals surface area contributed by atoms with Crippen LogP contribution in [0.2, 0.25) is 0 Å². The van der Waals surface area contributed by atoms with Crippen molar-refractivity contribution < 1.29 is 14.3 Å². The van der Waals surface area contributed by atoms with Crippen LogP contribution in [0.3, 0.4) is 0 Å². The minimum absolute atomic E-state index is 0.188. The van der Waals surface area contributed by atoms with Gasteiger partial charge in [0.15, 0.2) is 0 Å². The topological polar surface area (TPSA) is 61.9 Å². The third-order valence-corrected chi connectivity index (χ3v) is 5.78. The summed E-state index contributed by atoms with van der Waals surface area (Å²) in [6.45, 7) is 2.09. The minimum Gasteiger partial charge on any atom is -0.497 e. The fraction of sp³-hybridized carbons (Fsp3) is 0.250. The molecule has 2 aromatic carbocycles. The van der Waals surface area contributed by atoms with Crippen molar-refractivity contribution in [3.05, 3.63) is 76.5 Å². The van der Waals surface area contributed by atoms with Gasteiger partial charge in [-0.25, -0.2) is 0 Å². The predicted octanol–water partition coefficient (Wildman–Crippen LogP) is 4.17. The number of anilines is 2. The van der Waals surface area contributed by atoms with Gasteiger partial charge >= 0.3 is 0 Å². The number of rotatable bonds is 8. The van der Waals surface area contributed by atoms with E-state index in [0.29, 0.717) is 17.2 Å². The smallest absolute Gasteiger partial charge is 0.261 e. The van der Waals surface area contributed by atoms with E-state index in [4.69, 9.17) is 4.74 Å². The molecule has 162 valence electrons. The Balaban J connectivity index is 1.83. The van der Waals surface area contributed by atoms with Crippen molar-refractivity contribution in [3.63, 3.8) is 0 Å². The van der Waals surface area contributed by atoms with Crippen LogP contribution < -0.4 is 19.9 Å². The summed E-state index contributed by atoms with van der Waals surface area (Å²) in [6.07, 6.45) is 0. The van der Waals surface area contributed by atoms with E-state index in [-0.39, 0.29) is 11.8 Å². The van der Waals surface area contributed by atoms with Gasteiger partial charge < -0.3 is 19.9 Å². The number of methoxy groups -OCH3 is 1.